The van der Waals surface area contributed by atoms with E-state index in [4.69, 9.17) is 9.47 Å². The number of aliphatic hydroxyl groups excluding tert-OH is 1. The van der Waals surface area contributed by atoms with Gasteiger partial charge >= 0.3 is 11.9 Å². The lowest BCUT2D eigenvalue weighted by Gasteiger charge is -2.31. The molecule has 0 aromatic carbocycles. The van der Waals surface area contributed by atoms with E-state index in [0.717, 1.165) is 0 Å². The number of hydrogen-bond donors (Lipinski definition) is 1. The van der Waals surface area contributed by atoms with Gasteiger partial charge in [0, 0.05) is 12.8 Å². The summed E-state index contributed by atoms with van der Waals surface area (Å²) in [5.41, 5.74) is -0.445. The maximum absolute atomic E-state index is 12.8. The number of esters is 2. The van der Waals surface area contributed by atoms with Crippen LogP contribution in [0.4, 0.5) is 0 Å². The minimum Gasteiger partial charge on any atom is -0.457 e. The van der Waals surface area contributed by atoms with Crippen molar-refractivity contribution in [1.29, 1.82) is 0 Å². The number of cyclic esters (lactones) is 1. The van der Waals surface area contributed by atoms with Crippen molar-refractivity contribution in [2.24, 2.45) is 27.4 Å². The highest BCUT2D eigenvalue weighted by Crippen LogP contribution is 2.30. The maximum Gasteiger partial charge on any atom is 0.308 e. The lowest BCUT2D eigenvalue weighted by molar-refractivity contribution is -0.149. The van der Waals surface area contributed by atoms with Crippen molar-refractivity contribution in [3.05, 3.63) is 62.3 Å². The van der Waals surface area contributed by atoms with E-state index < -0.39 is 59.6 Å². The van der Waals surface area contributed by atoms with Gasteiger partial charge in [-0.2, -0.15) is 14.7 Å². The predicted molar refractivity (Wildman–Crippen MR) is 158 cm³/mol. The van der Waals surface area contributed by atoms with Gasteiger partial charge in [0.15, 0.2) is 5.78 Å². The molecule has 1 rings (SSSR count). The SMILES string of the molecule is CC(=O)OC1/C=C/C(C)C(/C(C)=C/C=C/C(C)CC(/C=C(\C)C(=O)C(C)O)N=O)OC(=O)CC(N=O)CCC1(C)N=O. The van der Waals surface area contributed by atoms with Crippen molar-refractivity contribution in [3.63, 3.8) is 0 Å². The molecule has 12 heteroatoms. The lowest BCUT2D eigenvalue weighted by atomic mass is 9.86. The molecule has 42 heavy (non-hydrogen) atoms. The van der Waals surface area contributed by atoms with E-state index in [9.17, 15) is 34.2 Å². The molecule has 12 nitrogen and oxygen atoms in total. The average molecular weight is 590 g/mol. The number of carbonyl (C=O) groups is 3. The number of ether oxygens (including phenoxy) is 2. The summed E-state index contributed by atoms with van der Waals surface area (Å²) in [6.45, 7) is 11.1. The fourth-order valence-electron chi connectivity index (χ4n) is 4.61. The molecular weight excluding hydrogens is 546 g/mol. The molecular formula is C30H43N3O9. The van der Waals surface area contributed by atoms with Gasteiger partial charge in [-0.3, -0.25) is 14.4 Å². The Morgan fingerprint density at radius 2 is 1.86 bits per heavy atom. The summed E-state index contributed by atoms with van der Waals surface area (Å²) < 4.78 is 11.1. The van der Waals surface area contributed by atoms with E-state index in [1.165, 1.54) is 33.8 Å². The van der Waals surface area contributed by atoms with Gasteiger partial charge in [0.25, 0.3) is 0 Å². The number of aliphatic hydroxyl groups is 1. The van der Waals surface area contributed by atoms with E-state index in [1.54, 1.807) is 38.2 Å². The highest BCUT2D eigenvalue weighted by atomic mass is 16.5. The van der Waals surface area contributed by atoms with Gasteiger partial charge in [-0.1, -0.05) is 59.8 Å². The second-order valence-corrected chi connectivity index (χ2v) is 11.2. The van der Waals surface area contributed by atoms with E-state index in [2.05, 4.69) is 15.5 Å². The minimum atomic E-state index is -1.38. The van der Waals surface area contributed by atoms with Crippen LogP contribution < -0.4 is 0 Å². The van der Waals surface area contributed by atoms with Gasteiger partial charge in [0.05, 0.1) is 6.42 Å². The molecule has 1 heterocycles. The Labute approximate surface area is 246 Å². The first-order valence-electron chi connectivity index (χ1n) is 14.0. The van der Waals surface area contributed by atoms with E-state index in [1.807, 2.05) is 13.0 Å². The first-order valence-corrected chi connectivity index (χ1v) is 14.0. The number of hydrogen-bond acceptors (Lipinski definition) is 12. The van der Waals surface area contributed by atoms with Gasteiger partial charge in [-0.05, 0) is 70.1 Å². The Balaban J connectivity index is 3.24. The molecule has 1 N–H and O–H groups in total. The minimum absolute atomic E-state index is 0.0644. The van der Waals surface area contributed by atoms with E-state index in [-0.39, 0.29) is 30.8 Å². The number of Topliss-reactive ketones (excluding diaryl/α,β-unsaturated/α-hetero) is 1. The van der Waals surface area contributed by atoms with Crippen LogP contribution in [-0.4, -0.2) is 58.8 Å². The molecule has 1 aliphatic rings. The molecule has 0 saturated heterocycles. The summed E-state index contributed by atoms with van der Waals surface area (Å²) in [7, 11) is 0. The monoisotopic (exact) mass is 589 g/mol. The predicted octanol–water partition coefficient (Wildman–Crippen LogP) is 5.43. The second-order valence-electron chi connectivity index (χ2n) is 11.2. The maximum atomic E-state index is 12.8. The summed E-state index contributed by atoms with van der Waals surface area (Å²) in [5, 5.41) is 18.8. The topological polar surface area (TPSA) is 178 Å². The zero-order chi connectivity index (χ0) is 32.0. The molecule has 0 bridgehead atoms. The fraction of sp³-hybridized carbons (Fsp3) is 0.633. The molecule has 0 amide bonds. The Hall–Kier alpha value is -3.67. The van der Waals surface area contributed by atoms with Crippen molar-refractivity contribution in [3.8, 4) is 0 Å². The van der Waals surface area contributed by atoms with Crippen molar-refractivity contribution in [1.82, 2.24) is 0 Å². The summed E-state index contributed by atoms with van der Waals surface area (Å²) in [5.74, 6) is -2.23. The van der Waals surface area contributed by atoms with Crippen LogP contribution in [0.3, 0.4) is 0 Å². The Morgan fingerprint density at radius 1 is 1.19 bits per heavy atom. The Kier molecular flexibility index (Phi) is 15.0. The van der Waals surface area contributed by atoms with Crippen molar-refractivity contribution in [2.45, 2.75) is 110 Å². The molecule has 0 fully saturated rings. The summed E-state index contributed by atoms with van der Waals surface area (Å²) in [6, 6.07) is -1.71. The van der Waals surface area contributed by atoms with Crippen LogP contribution in [0.5, 0.6) is 0 Å². The zero-order valence-electron chi connectivity index (χ0n) is 25.4. The third kappa shape index (κ3) is 11.7. The molecule has 0 aromatic heterocycles. The normalized spacial score (nSPS) is 29.2. The van der Waals surface area contributed by atoms with Crippen molar-refractivity contribution in [2.75, 3.05) is 0 Å². The molecule has 1 aliphatic heterocycles. The van der Waals surface area contributed by atoms with Gasteiger partial charge < -0.3 is 14.6 Å². The number of nitroso groups, excluding NO2 is 3. The number of nitrogens with zero attached hydrogens (tertiary/aromatic N) is 3. The lowest BCUT2D eigenvalue weighted by Crippen LogP contribution is -2.40. The van der Waals surface area contributed by atoms with Crippen LogP contribution in [0.2, 0.25) is 0 Å². The highest BCUT2D eigenvalue weighted by molar-refractivity contribution is 5.97. The fourth-order valence-corrected chi connectivity index (χ4v) is 4.61. The van der Waals surface area contributed by atoms with Crippen LogP contribution in [0.1, 0.15) is 74.1 Å². The van der Waals surface area contributed by atoms with E-state index >= 15 is 0 Å². The Bertz CT molecular complexity index is 1110. The molecule has 0 aromatic rings. The van der Waals surface area contributed by atoms with Gasteiger partial charge in [0.1, 0.15) is 35.9 Å². The molecule has 0 aliphatic carbocycles. The van der Waals surface area contributed by atoms with Crippen LogP contribution in [0, 0.1) is 26.6 Å². The van der Waals surface area contributed by atoms with Crippen molar-refractivity contribution < 1.29 is 29.0 Å². The molecule has 0 spiro atoms. The van der Waals surface area contributed by atoms with Gasteiger partial charge in [-0.15, -0.1) is 0 Å². The summed E-state index contributed by atoms with van der Waals surface area (Å²) in [6.07, 6.45) is 7.29. The first kappa shape index (κ1) is 36.4. The van der Waals surface area contributed by atoms with Crippen LogP contribution in [0.25, 0.3) is 0 Å². The largest absolute Gasteiger partial charge is 0.457 e. The third-order valence-electron chi connectivity index (χ3n) is 7.18. The van der Waals surface area contributed by atoms with Gasteiger partial charge in [0.2, 0.25) is 0 Å². The van der Waals surface area contributed by atoms with Crippen LogP contribution >= 0.6 is 0 Å². The number of carbonyl (C=O) groups excluding carboxylic acids is 3. The van der Waals surface area contributed by atoms with E-state index in [0.29, 0.717) is 12.0 Å². The highest BCUT2D eigenvalue weighted by Gasteiger charge is 2.39. The van der Waals surface area contributed by atoms with Crippen LogP contribution in [-0.2, 0) is 23.9 Å². The number of allylic oxidation sites excluding steroid dienone is 3. The average Bonchev–Trinajstić information content (AvgIpc) is 2.93. The summed E-state index contributed by atoms with van der Waals surface area (Å²) >= 11 is 0. The molecule has 8 atom stereocenters. The molecule has 0 radical (unpaired) electrons. The van der Waals surface area contributed by atoms with Gasteiger partial charge in [-0.25, -0.2) is 0 Å². The summed E-state index contributed by atoms with van der Waals surface area (Å²) in [4.78, 5) is 71.0. The first-order chi connectivity index (χ1) is 19.7. The standard InChI is InChI=1S/C30H43N3O9/c1-18(15-25(32-39)16-21(4)28(37)22(5)34)9-8-10-19(2)29-20(3)11-12-26(41-23(6)35)30(7,33-40)14-13-24(31-38)17-27(36)42-29/h8-12,16,18,20,22,24-26,29,34H,13-15,17H2,1-7H3/b9-8+,12-11+,19-10+,21-16+. The quantitative estimate of drug-likeness (QED) is 0.102. The van der Waals surface area contributed by atoms with Crippen LogP contribution in [0.15, 0.2) is 63.1 Å². The number of ketones is 1. The number of rotatable bonds is 12. The third-order valence-corrected chi connectivity index (χ3v) is 7.18. The zero-order valence-corrected chi connectivity index (χ0v) is 25.4. The Morgan fingerprint density at radius 3 is 2.40 bits per heavy atom. The molecule has 8 unspecified atom stereocenters. The molecule has 232 valence electrons. The van der Waals surface area contributed by atoms with Crippen molar-refractivity contribution >= 4 is 17.7 Å². The second kappa shape index (κ2) is 17.3. The molecule has 0 saturated carbocycles. The smallest absolute Gasteiger partial charge is 0.308 e.